The van der Waals surface area contributed by atoms with Gasteiger partial charge in [-0.2, -0.15) is 4.39 Å². The van der Waals surface area contributed by atoms with Crippen LogP contribution in [0.2, 0.25) is 0 Å². The molecule has 0 spiro atoms. The standard InChI is InChI=1S/C14H19FN2O3/c1-4-10(5-2)9(3)16-14(18)11-6-7-12(15)13(8-11)17(19)20/h6-10H,4-5H2,1-3H3,(H,16,18). The van der Waals surface area contributed by atoms with Crippen molar-refractivity contribution in [1.29, 1.82) is 0 Å². The third kappa shape index (κ3) is 3.76. The molecule has 0 aromatic heterocycles. The average molecular weight is 282 g/mol. The summed E-state index contributed by atoms with van der Waals surface area (Å²) in [5, 5.41) is 13.5. The molecule has 1 rings (SSSR count). The van der Waals surface area contributed by atoms with Crippen LogP contribution in [0.5, 0.6) is 0 Å². The number of nitro groups is 1. The van der Waals surface area contributed by atoms with E-state index < -0.39 is 22.3 Å². The van der Waals surface area contributed by atoms with Crippen LogP contribution in [-0.2, 0) is 0 Å². The molecule has 1 N–H and O–H groups in total. The minimum atomic E-state index is -0.945. The quantitative estimate of drug-likeness (QED) is 0.642. The highest BCUT2D eigenvalue weighted by Crippen LogP contribution is 2.19. The molecule has 1 atom stereocenters. The first-order chi connectivity index (χ1) is 9.40. The Balaban J connectivity index is 2.88. The minimum absolute atomic E-state index is 0.0402. The van der Waals surface area contributed by atoms with E-state index in [1.807, 2.05) is 20.8 Å². The summed E-state index contributed by atoms with van der Waals surface area (Å²) in [6.45, 7) is 5.98. The Morgan fingerprint density at radius 3 is 2.50 bits per heavy atom. The molecule has 20 heavy (non-hydrogen) atoms. The second-order valence-corrected chi connectivity index (χ2v) is 4.76. The number of hydrogen-bond acceptors (Lipinski definition) is 3. The Kier molecular flexibility index (Phi) is 5.61. The second-order valence-electron chi connectivity index (χ2n) is 4.76. The number of carbonyl (C=O) groups excluding carboxylic acids is 1. The normalized spacial score (nSPS) is 12.2. The van der Waals surface area contributed by atoms with Gasteiger partial charge in [0.25, 0.3) is 5.91 Å². The second kappa shape index (κ2) is 6.98. The number of carbonyl (C=O) groups is 1. The molecule has 1 aromatic rings. The Morgan fingerprint density at radius 1 is 1.40 bits per heavy atom. The predicted octanol–water partition coefficient (Wildman–Crippen LogP) is 3.29. The Labute approximate surface area is 117 Å². The van der Waals surface area contributed by atoms with Gasteiger partial charge in [0.05, 0.1) is 4.92 Å². The lowest BCUT2D eigenvalue weighted by atomic mass is 9.95. The summed E-state index contributed by atoms with van der Waals surface area (Å²) in [6, 6.07) is 3.11. The molecule has 0 aliphatic heterocycles. The van der Waals surface area contributed by atoms with Crippen LogP contribution in [0.15, 0.2) is 18.2 Å². The number of benzene rings is 1. The molecule has 1 aromatic carbocycles. The van der Waals surface area contributed by atoms with E-state index in [4.69, 9.17) is 0 Å². The minimum Gasteiger partial charge on any atom is -0.349 e. The first-order valence-electron chi connectivity index (χ1n) is 6.65. The predicted molar refractivity (Wildman–Crippen MR) is 74.1 cm³/mol. The highest BCUT2D eigenvalue weighted by atomic mass is 19.1. The van der Waals surface area contributed by atoms with E-state index in [1.54, 1.807) is 0 Å². The van der Waals surface area contributed by atoms with Crippen LogP contribution >= 0.6 is 0 Å². The van der Waals surface area contributed by atoms with Gasteiger partial charge in [0.2, 0.25) is 5.82 Å². The molecule has 0 aliphatic rings. The molecule has 0 fully saturated rings. The lowest BCUT2D eigenvalue weighted by Crippen LogP contribution is -2.37. The third-order valence-electron chi connectivity index (χ3n) is 3.52. The van der Waals surface area contributed by atoms with Crippen LogP contribution in [0.3, 0.4) is 0 Å². The van der Waals surface area contributed by atoms with Gasteiger partial charge >= 0.3 is 5.69 Å². The summed E-state index contributed by atoms with van der Waals surface area (Å²) in [5.41, 5.74) is -0.594. The van der Waals surface area contributed by atoms with Gasteiger partial charge in [-0.25, -0.2) is 0 Å². The van der Waals surface area contributed by atoms with Crippen molar-refractivity contribution in [2.45, 2.75) is 39.7 Å². The third-order valence-corrected chi connectivity index (χ3v) is 3.52. The number of hydrogen-bond donors (Lipinski definition) is 1. The maximum atomic E-state index is 13.2. The van der Waals surface area contributed by atoms with Crippen LogP contribution in [0.1, 0.15) is 44.0 Å². The van der Waals surface area contributed by atoms with Crippen molar-refractivity contribution in [1.82, 2.24) is 5.32 Å². The largest absolute Gasteiger partial charge is 0.349 e. The number of rotatable bonds is 6. The van der Waals surface area contributed by atoms with Crippen LogP contribution in [0, 0.1) is 21.8 Å². The molecule has 0 aliphatic carbocycles. The van der Waals surface area contributed by atoms with Crippen molar-refractivity contribution in [3.05, 3.63) is 39.7 Å². The van der Waals surface area contributed by atoms with Gasteiger partial charge in [-0.15, -0.1) is 0 Å². The van der Waals surface area contributed by atoms with Crippen LogP contribution in [0.4, 0.5) is 10.1 Å². The number of nitrogens with one attached hydrogen (secondary N) is 1. The fourth-order valence-electron chi connectivity index (χ4n) is 2.20. The van der Waals surface area contributed by atoms with Gasteiger partial charge in [0.15, 0.2) is 0 Å². The fraction of sp³-hybridized carbons (Fsp3) is 0.500. The number of amides is 1. The molecule has 0 saturated carbocycles. The number of halogens is 1. The molecule has 1 amide bonds. The van der Waals surface area contributed by atoms with Crippen molar-refractivity contribution in [2.24, 2.45) is 5.92 Å². The maximum Gasteiger partial charge on any atom is 0.305 e. The monoisotopic (exact) mass is 282 g/mol. The van der Waals surface area contributed by atoms with Gasteiger partial charge in [-0.3, -0.25) is 14.9 Å². The molecule has 0 bridgehead atoms. The molecule has 5 nitrogen and oxygen atoms in total. The highest BCUT2D eigenvalue weighted by molar-refractivity contribution is 5.95. The van der Waals surface area contributed by atoms with Crippen molar-refractivity contribution < 1.29 is 14.1 Å². The lowest BCUT2D eigenvalue weighted by molar-refractivity contribution is -0.387. The molecular formula is C14H19FN2O3. The van der Waals surface area contributed by atoms with Crippen molar-refractivity contribution in [3.63, 3.8) is 0 Å². The van der Waals surface area contributed by atoms with Crippen LogP contribution in [-0.4, -0.2) is 16.9 Å². The maximum absolute atomic E-state index is 13.2. The van der Waals surface area contributed by atoms with E-state index in [0.717, 1.165) is 25.0 Å². The zero-order chi connectivity index (χ0) is 15.3. The molecule has 0 radical (unpaired) electrons. The first kappa shape index (κ1) is 16.1. The van der Waals surface area contributed by atoms with E-state index in [1.165, 1.54) is 6.07 Å². The summed E-state index contributed by atoms with van der Waals surface area (Å²) in [7, 11) is 0. The van der Waals surface area contributed by atoms with E-state index in [9.17, 15) is 19.3 Å². The zero-order valence-electron chi connectivity index (χ0n) is 11.9. The molecular weight excluding hydrogens is 263 g/mol. The van der Waals surface area contributed by atoms with E-state index >= 15 is 0 Å². The number of nitrogens with zero attached hydrogens (tertiary/aromatic N) is 1. The summed E-state index contributed by atoms with van der Waals surface area (Å²) in [6.07, 6.45) is 1.86. The average Bonchev–Trinajstić information content (AvgIpc) is 2.40. The SMILES string of the molecule is CCC(CC)C(C)NC(=O)c1ccc(F)c([N+](=O)[O-])c1. The topological polar surface area (TPSA) is 72.2 Å². The Bertz CT molecular complexity index is 501. The summed E-state index contributed by atoms with van der Waals surface area (Å²) in [5.74, 6) is -1.03. The van der Waals surface area contributed by atoms with Crippen LogP contribution < -0.4 is 5.32 Å². The summed E-state index contributed by atoms with van der Waals surface area (Å²) < 4.78 is 13.2. The van der Waals surface area contributed by atoms with Gasteiger partial charge in [-0.05, 0) is 25.0 Å². The molecule has 0 heterocycles. The van der Waals surface area contributed by atoms with Gasteiger partial charge in [0, 0.05) is 17.7 Å². The number of nitro benzene ring substituents is 1. The molecule has 110 valence electrons. The zero-order valence-corrected chi connectivity index (χ0v) is 11.9. The van der Waals surface area contributed by atoms with Gasteiger partial charge < -0.3 is 5.32 Å². The van der Waals surface area contributed by atoms with Crippen molar-refractivity contribution in [2.75, 3.05) is 0 Å². The lowest BCUT2D eigenvalue weighted by Gasteiger charge is -2.22. The van der Waals surface area contributed by atoms with Crippen molar-refractivity contribution >= 4 is 11.6 Å². The van der Waals surface area contributed by atoms with E-state index in [0.29, 0.717) is 5.92 Å². The van der Waals surface area contributed by atoms with E-state index in [2.05, 4.69) is 5.32 Å². The van der Waals surface area contributed by atoms with E-state index in [-0.39, 0.29) is 11.6 Å². The first-order valence-corrected chi connectivity index (χ1v) is 6.65. The molecule has 6 heteroatoms. The van der Waals surface area contributed by atoms with Gasteiger partial charge in [0.1, 0.15) is 0 Å². The Hall–Kier alpha value is -1.98. The molecule has 0 saturated heterocycles. The summed E-state index contributed by atoms with van der Waals surface area (Å²) in [4.78, 5) is 21.8. The van der Waals surface area contributed by atoms with Gasteiger partial charge in [-0.1, -0.05) is 26.7 Å². The highest BCUT2D eigenvalue weighted by Gasteiger charge is 2.20. The smallest absolute Gasteiger partial charge is 0.305 e. The van der Waals surface area contributed by atoms with Crippen LogP contribution in [0.25, 0.3) is 0 Å². The summed E-state index contributed by atoms with van der Waals surface area (Å²) >= 11 is 0. The van der Waals surface area contributed by atoms with Crippen molar-refractivity contribution in [3.8, 4) is 0 Å². The Morgan fingerprint density at radius 2 is 2.00 bits per heavy atom. The fourth-order valence-corrected chi connectivity index (χ4v) is 2.20. The molecule has 1 unspecified atom stereocenters.